The second kappa shape index (κ2) is 4.48. The summed E-state index contributed by atoms with van der Waals surface area (Å²) in [6, 6.07) is 1.61. The molecular formula is C13H17BFNO2. The molecule has 0 aromatic carbocycles. The Morgan fingerprint density at radius 2 is 1.83 bits per heavy atom. The molecule has 1 fully saturated rings. The molecule has 0 bridgehead atoms. The van der Waals surface area contributed by atoms with Gasteiger partial charge in [0.25, 0.3) is 0 Å². The minimum Gasteiger partial charge on any atom is -0.400 e. The van der Waals surface area contributed by atoms with E-state index >= 15 is 0 Å². The molecule has 18 heavy (non-hydrogen) atoms. The molecule has 1 aliphatic heterocycles. The zero-order chi connectivity index (χ0) is 13.4. The fourth-order valence-corrected chi connectivity index (χ4v) is 1.67. The van der Waals surface area contributed by atoms with E-state index in [0.717, 1.165) is 0 Å². The van der Waals surface area contributed by atoms with Gasteiger partial charge in [0.05, 0.1) is 17.4 Å². The predicted octanol–water partition coefficient (Wildman–Crippen LogP) is 2.87. The van der Waals surface area contributed by atoms with Gasteiger partial charge < -0.3 is 9.31 Å². The van der Waals surface area contributed by atoms with Crippen molar-refractivity contribution in [3.8, 4) is 0 Å². The first kappa shape index (κ1) is 13.2. The Labute approximate surface area is 107 Å². The molecule has 3 nitrogen and oxygen atoms in total. The van der Waals surface area contributed by atoms with Crippen molar-refractivity contribution < 1.29 is 13.7 Å². The van der Waals surface area contributed by atoms with Crippen molar-refractivity contribution in [1.29, 1.82) is 0 Å². The van der Waals surface area contributed by atoms with E-state index in [9.17, 15) is 4.39 Å². The van der Waals surface area contributed by atoms with Gasteiger partial charge in [-0.15, -0.1) is 0 Å². The molecule has 1 aromatic rings. The molecule has 0 saturated carbocycles. The summed E-state index contributed by atoms with van der Waals surface area (Å²) in [6.45, 7) is 7.92. The molecule has 0 unspecified atom stereocenters. The van der Waals surface area contributed by atoms with Crippen molar-refractivity contribution in [2.75, 3.05) is 0 Å². The van der Waals surface area contributed by atoms with E-state index in [0.29, 0.717) is 5.56 Å². The maximum absolute atomic E-state index is 13.4. The van der Waals surface area contributed by atoms with Crippen LogP contribution < -0.4 is 0 Å². The van der Waals surface area contributed by atoms with Crippen molar-refractivity contribution in [2.24, 2.45) is 0 Å². The number of halogens is 1. The first-order valence-corrected chi connectivity index (χ1v) is 5.95. The third-order valence-corrected chi connectivity index (χ3v) is 3.51. The summed E-state index contributed by atoms with van der Waals surface area (Å²) in [5, 5.41) is 0. The normalized spacial score (nSPS) is 21.7. The average molecular weight is 249 g/mol. The Bertz CT molecular complexity index is 458. The molecule has 0 radical (unpaired) electrons. The topological polar surface area (TPSA) is 31.4 Å². The van der Waals surface area contributed by atoms with Crippen LogP contribution in [-0.4, -0.2) is 23.3 Å². The molecule has 0 amide bonds. The molecule has 96 valence electrons. The van der Waals surface area contributed by atoms with E-state index in [4.69, 9.17) is 9.31 Å². The smallest absolute Gasteiger partial charge is 0.400 e. The number of aromatic nitrogens is 1. The van der Waals surface area contributed by atoms with E-state index in [1.54, 1.807) is 24.3 Å². The molecule has 0 atom stereocenters. The highest BCUT2D eigenvalue weighted by atomic mass is 19.1. The van der Waals surface area contributed by atoms with Crippen LogP contribution in [0.1, 0.15) is 33.3 Å². The second-order valence-electron chi connectivity index (χ2n) is 5.38. The van der Waals surface area contributed by atoms with Gasteiger partial charge in [0.2, 0.25) is 0 Å². The number of pyridine rings is 1. The summed E-state index contributed by atoms with van der Waals surface area (Å²) in [6.07, 6.45) is 4.38. The van der Waals surface area contributed by atoms with Crippen molar-refractivity contribution in [3.63, 3.8) is 0 Å². The summed E-state index contributed by atoms with van der Waals surface area (Å²) in [5.74, 6) is 1.36. The zero-order valence-electron chi connectivity index (χ0n) is 11.1. The highest BCUT2D eigenvalue weighted by Gasteiger charge is 2.49. The van der Waals surface area contributed by atoms with E-state index < -0.39 is 7.12 Å². The van der Waals surface area contributed by atoms with Gasteiger partial charge in [0.1, 0.15) is 5.82 Å². The lowest BCUT2D eigenvalue weighted by Crippen LogP contribution is -2.41. The molecule has 2 rings (SSSR count). The minimum atomic E-state index is -0.456. The lowest BCUT2D eigenvalue weighted by molar-refractivity contribution is 0.00578. The Hall–Kier alpha value is -1.20. The molecule has 1 aromatic heterocycles. The second-order valence-corrected chi connectivity index (χ2v) is 5.38. The zero-order valence-corrected chi connectivity index (χ0v) is 11.1. The average Bonchev–Trinajstić information content (AvgIpc) is 2.46. The molecule has 0 spiro atoms. The first-order chi connectivity index (χ1) is 8.32. The summed E-state index contributed by atoms with van der Waals surface area (Å²) in [4.78, 5) is 3.70. The Balaban J connectivity index is 2.11. The number of hydrogen-bond acceptors (Lipinski definition) is 3. The molecular weight excluding hydrogens is 232 g/mol. The van der Waals surface area contributed by atoms with E-state index in [-0.39, 0.29) is 17.0 Å². The summed E-state index contributed by atoms with van der Waals surface area (Å²) < 4.78 is 24.9. The lowest BCUT2D eigenvalue weighted by atomic mass is 9.89. The molecule has 1 aliphatic rings. The minimum absolute atomic E-state index is 0.356. The SMILES string of the molecule is CC1(C)OB(/C=C/c2ccncc2F)OC1(C)C. The summed E-state index contributed by atoms with van der Waals surface area (Å²) in [7, 11) is -0.456. The van der Waals surface area contributed by atoms with Crippen molar-refractivity contribution in [1.82, 2.24) is 4.98 Å². The summed E-state index contributed by atoms with van der Waals surface area (Å²) >= 11 is 0. The number of hydrogen-bond donors (Lipinski definition) is 0. The first-order valence-electron chi connectivity index (χ1n) is 5.95. The molecule has 2 heterocycles. The van der Waals surface area contributed by atoms with Crippen LogP contribution in [0.4, 0.5) is 4.39 Å². The van der Waals surface area contributed by atoms with Gasteiger partial charge in [-0.3, -0.25) is 4.98 Å². The van der Waals surface area contributed by atoms with Crippen LogP contribution in [0.5, 0.6) is 0 Å². The Morgan fingerprint density at radius 1 is 1.22 bits per heavy atom. The van der Waals surface area contributed by atoms with Crippen LogP contribution in [0.2, 0.25) is 0 Å². The standard InChI is InChI=1S/C13H17BFNO2/c1-12(2)13(3,4)18-14(17-12)7-5-10-6-8-16-9-11(10)15/h5-9H,1-4H3/b7-5+. The van der Waals surface area contributed by atoms with Gasteiger partial charge in [-0.2, -0.15) is 0 Å². The Morgan fingerprint density at radius 3 is 2.39 bits per heavy atom. The van der Waals surface area contributed by atoms with Crippen LogP contribution in [-0.2, 0) is 9.31 Å². The van der Waals surface area contributed by atoms with E-state index in [1.165, 1.54) is 6.20 Å². The van der Waals surface area contributed by atoms with Gasteiger partial charge in [-0.05, 0) is 33.8 Å². The van der Waals surface area contributed by atoms with Crippen LogP contribution >= 0.6 is 0 Å². The van der Waals surface area contributed by atoms with Crippen LogP contribution in [0.15, 0.2) is 24.4 Å². The maximum atomic E-state index is 13.4. The quantitative estimate of drug-likeness (QED) is 0.755. The van der Waals surface area contributed by atoms with Gasteiger partial charge in [0.15, 0.2) is 0 Å². The largest absolute Gasteiger partial charge is 0.487 e. The highest BCUT2D eigenvalue weighted by molar-refractivity contribution is 6.52. The molecule has 0 N–H and O–H groups in total. The molecule has 1 saturated heterocycles. The van der Waals surface area contributed by atoms with E-state index in [2.05, 4.69) is 4.98 Å². The van der Waals surface area contributed by atoms with E-state index in [1.807, 2.05) is 27.7 Å². The van der Waals surface area contributed by atoms with Crippen LogP contribution in [0.25, 0.3) is 6.08 Å². The monoisotopic (exact) mass is 249 g/mol. The summed E-state index contributed by atoms with van der Waals surface area (Å²) in [5.41, 5.74) is -0.280. The van der Waals surface area contributed by atoms with Gasteiger partial charge in [-0.1, -0.05) is 12.1 Å². The maximum Gasteiger partial charge on any atom is 0.487 e. The molecule has 0 aliphatic carbocycles. The van der Waals surface area contributed by atoms with Gasteiger partial charge >= 0.3 is 7.12 Å². The van der Waals surface area contributed by atoms with Gasteiger partial charge in [0, 0.05) is 11.8 Å². The fraction of sp³-hybridized carbons (Fsp3) is 0.462. The van der Waals surface area contributed by atoms with Crippen molar-refractivity contribution >= 4 is 13.2 Å². The highest BCUT2D eigenvalue weighted by Crippen LogP contribution is 2.37. The van der Waals surface area contributed by atoms with Crippen LogP contribution in [0, 0.1) is 5.82 Å². The lowest BCUT2D eigenvalue weighted by Gasteiger charge is -2.32. The fourth-order valence-electron chi connectivity index (χ4n) is 1.67. The van der Waals surface area contributed by atoms with Crippen molar-refractivity contribution in [2.45, 2.75) is 38.9 Å². The molecule has 5 heteroatoms. The Kier molecular flexibility index (Phi) is 3.30. The van der Waals surface area contributed by atoms with Gasteiger partial charge in [-0.25, -0.2) is 4.39 Å². The third kappa shape index (κ3) is 2.47. The number of nitrogens with zero attached hydrogens (tertiary/aromatic N) is 1. The predicted molar refractivity (Wildman–Crippen MR) is 69.3 cm³/mol. The van der Waals surface area contributed by atoms with Crippen LogP contribution in [0.3, 0.4) is 0 Å². The van der Waals surface area contributed by atoms with Crippen molar-refractivity contribution in [3.05, 3.63) is 35.8 Å². The number of rotatable bonds is 2. The third-order valence-electron chi connectivity index (χ3n) is 3.51.